The first kappa shape index (κ1) is 24.9. The molecule has 1 N–H and O–H groups in total. The Balaban J connectivity index is 0.00000320. The van der Waals surface area contributed by atoms with Crippen molar-refractivity contribution in [3.05, 3.63) is 35.4 Å². The predicted octanol–water partition coefficient (Wildman–Crippen LogP) is 2.63. The second-order valence-electron chi connectivity index (χ2n) is 7.44. The maximum Gasteiger partial charge on any atom is 0.251 e. The van der Waals surface area contributed by atoms with Crippen molar-refractivity contribution in [3.8, 4) is 0 Å². The zero-order valence-corrected chi connectivity index (χ0v) is 20.5. The average molecular weight is 530 g/mol. The van der Waals surface area contributed by atoms with Gasteiger partial charge in [-0.1, -0.05) is 24.3 Å². The number of benzene rings is 1. The Hall–Kier alpha value is -1.39. The van der Waals surface area contributed by atoms with Gasteiger partial charge in [0.2, 0.25) is 0 Å². The molecule has 168 valence electrons. The molecular formula is C22H35IN4O3. The number of halogens is 1. The van der Waals surface area contributed by atoms with Crippen molar-refractivity contribution in [1.29, 1.82) is 0 Å². The number of carbonyl (C=O) groups excluding carboxylic acids is 1. The minimum atomic E-state index is -0.228. The second kappa shape index (κ2) is 13.1. The normalized spacial score (nSPS) is 19.5. The zero-order chi connectivity index (χ0) is 20.5. The minimum absolute atomic E-state index is 0. The highest BCUT2D eigenvalue weighted by atomic mass is 127. The van der Waals surface area contributed by atoms with Crippen LogP contribution in [0.2, 0.25) is 0 Å². The number of nitrogens with zero attached hydrogens (tertiary/aromatic N) is 3. The Kier molecular flexibility index (Phi) is 10.9. The predicted molar refractivity (Wildman–Crippen MR) is 129 cm³/mol. The topological polar surface area (TPSA) is 66.4 Å². The third-order valence-corrected chi connectivity index (χ3v) is 5.34. The summed E-state index contributed by atoms with van der Waals surface area (Å²) in [7, 11) is 0. The summed E-state index contributed by atoms with van der Waals surface area (Å²) in [6, 6.07) is 8.42. The van der Waals surface area contributed by atoms with Crippen molar-refractivity contribution >= 4 is 35.8 Å². The number of guanidine groups is 1. The van der Waals surface area contributed by atoms with Crippen molar-refractivity contribution in [1.82, 2.24) is 15.1 Å². The van der Waals surface area contributed by atoms with Gasteiger partial charge in [-0.05, 0) is 37.8 Å². The van der Waals surface area contributed by atoms with Crippen LogP contribution in [0, 0.1) is 0 Å². The number of hydrogen-bond acceptors (Lipinski definition) is 4. The molecular weight excluding hydrogens is 495 g/mol. The van der Waals surface area contributed by atoms with E-state index in [-0.39, 0.29) is 36.0 Å². The highest BCUT2D eigenvalue weighted by Crippen LogP contribution is 2.16. The van der Waals surface area contributed by atoms with Crippen molar-refractivity contribution in [3.63, 3.8) is 0 Å². The number of aliphatic imine (C=N–C) groups is 1. The lowest BCUT2D eigenvalue weighted by molar-refractivity contribution is -0.142. The molecule has 1 atom stereocenters. The van der Waals surface area contributed by atoms with E-state index in [9.17, 15) is 4.79 Å². The molecule has 0 spiro atoms. The molecule has 0 aliphatic carbocycles. The van der Waals surface area contributed by atoms with Crippen LogP contribution in [0.15, 0.2) is 29.3 Å². The highest BCUT2D eigenvalue weighted by molar-refractivity contribution is 14.0. The molecule has 1 amide bonds. The summed E-state index contributed by atoms with van der Waals surface area (Å²) >= 11 is 0. The van der Waals surface area contributed by atoms with Crippen LogP contribution in [0.3, 0.4) is 0 Å². The Morgan fingerprint density at radius 3 is 2.40 bits per heavy atom. The molecule has 2 saturated heterocycles. The third kappa shape index (κ3) is 7.09. The summed E-state index contributed by atoms with van der Waals surface area (Å²) in [5, 5.41) is 3.39. The summed E-state index contributed by atoms with van der Waals surface area (Å²) < 4.78 is 11.0. The number of hydrogen-bond donors (Lipinski definition) is 1. The Bertz CT molecular complexity index is 669. The Labute approximate surface area is 197 Å². The fourth-order valence-electron chi connectivity index (χ4n) is 3.67. The number of amides is 1. The fraction of sp³-hybridized carbons (Fsp3) is 0.636. The van der Waals surface area contributed by atoms with Gasteiger partial charge in [-0.25, -0.2) is 4.99 Å². The quantitative estimate of drug-likeness (QED) is 0.334. The Morgan fingerprint density at radius 1 is 1.13 bits per heavy atom. The molecule has 0 bridgehead atoms. The summed E-state index contributed by atoms with van der Waals surface area (Å²) in [6.07, 6.45) is 1.61. The third-order valence-electron chi connectivity index (χ3n) is 5.34. The molecule has 30 heavy (non-hydrogen) atoms. The van der Waals surface area contributed by atoms with Crippen LogP contribution in [0.1, 0.15) is 37.8 Å². The maximum absolute atomic E-state index is 12.5. The summed E-state index contributed by atoms with van der Waals surface area (Å²) in [4.78, 5) is 21.5. The molecule has 7 nitrogen and oxygen atoms in total. The van der Waals surface area contributed by atoms with Gasteiger partial charge in [-0.2, -0.15) is 0 Å². The lowest BCUT2D eigenvalue weighted by atomic mass is 10.1. The van der Waals surface area contributed by atoms with E-state index >= 15 is 0 Å². The van der Waals surface area contributed by atoms with Crippen molar-refractivity contribution in [2.24, 2.45) is 4.99 Å². The summed E-state index contributed by atoms with van der Waals surface area (Å²) in [6.45, 7) is 10.6. The lowest BCUT2D eigenvalue weighted by Crippen LogP contribution is -2.55. The van der Waals surface area contributed by atoms with E-state index in [2.05, 4.69) is 41.4 Å². The van der Waals surface area contributed by atoms with Gasteiger partial charge in [0.1, 0.15) is 6.10 Å². The van der Waals surface area contributed by atoms with Gasteiger partial charge in [-0.15, -0.1) is 24.0 Å². The largest absolute Gasteiger partial charge is 0.377 e. The van der Waals surface area contributed by atoms with Gasteiger partial charge in [0.15, 0.2) is 5.96 Å². The van der Waals surface area contributed by atoms with Crippen molar-refractivity contribution in [2.45, 2.75) is 45.9 Å². The number of carbonyl (C=O) groups is 1. The number of nitrogens with one attached hydrogen (secondary N) is 1. The molecule has 2 fully saturated rings. The molecule has 2 heterocycles. The van der Waals surface area contributed by atoms with E-state index in [0.717, 1.165) is 58.1 Å². The SMILES string of the molecule is CCNC(=NCc1ccc(COCC)cc1)N1CCN(C(=O)C2CCCO2)CC1.I. The van der Waals surface area contributed by atoms with Crippen LogP contribution < -0.4 is 5.32 Å². The summed E-state index contributed by atoms with van der Waals surface area (Å²) in [5.74, 6) is 1.06. The van der Waals surface area contributed by atoms with Crippen LogP contribution in [-0.2, 0) is 27.4 Å². The van der Waals surface area contributed by atoms with E-state index in [1.807, 2.05) is 11.8 Å². The lowest BCUT2D eigenvalue weighted by Gasteiger charge is -2.37. The zero-order valence-electron chi connectivity index (χ0n) is 18.1. The van der Waals surface area contributed by atoms with E-state index in [1.165, 1.54) is 11.1 Å². The molecule has 0 aromatic heterocycles. The van der Waals surface area contributed by atoms with Crippen molar-refractivity contribution in [2.75, 3.05) is 45.9 Å². The van der Waals surface area contributed by atoms with E-state index in [0.29, 0.717) is 19.8 Å². The van der Waals surface area contributed by atoms with Crippen LogP contribution in [0.25, 0.3) is 0 Å². The molecule has 8 heteroatoms. The molecule has 0 radical (unpaired) electrons. The van der Waals surface area contributed by atoms with Crippen LogP contribution in [0.5, 0.6) is 0 Å². The van der Waals surface area contributed by atoms with E-state index < -0.39 is 0 Å². The second-order valence-corrected chi connectivity index (χ2v) is 7.44. The van der Waals surface area contributed by atoms with Gasteiger partial charge in [0.05, 0.1) is 13.2 Å². The van der Waals surface area contributed by atoms with Gasteiger partial charge in [0.25, 0.3) is 5.91 Å². The van der Waals surface area contributed by atoms with Crippen molar-refractivity contribution < 1.29 is 14.3 Å². The number of piperazine rings is 1. The van der Waals surface area contributed by atoms with Gasteiger partial charge in [-0.3, -0.25) is 4.79 Å². The number of rotatable bonds is 7. The Morgan fingerprint density at radius 2 is 1.80 bits per heavy atom. The molecule has 1 aromatic rings. The smallest absolute Gasteiger partial charge is 0.251 e. The summed E-state index contributed by atoms with van der Waals surface area (Å²) in [5.41, 5.74) is 2.35. The first-order valence-corrected chi connectivity index (χ1v) is 10.8. The van der Waals surface area contributed by atoms with Crippen LogP contribution in [0.4, 0.5) is 0 Å². The average Bonchev–Trinajstić information content (AvgIpc) is 3.30. The van der Waals surface area contributed by atoms with E-state index in [4.69, 9.17) is 14.5 Å². The molecule has 1 unspecified atom stereocenters. The molecule has 1 aromatic carbocycles. The van der Waals surface area contributed by atoms with E-state index in [1.54, 1.807) is 0 Å². The van der Waals surface area contributed by atoms with Gasteiger partial charge >= 0.3 is 0 Å². The standard InChI is InChI=1S/C22H34N4O3.HI/c1-3-23-22(24-16-18-7-9-19(10-8-18)17-28-4-2)26-13-11-25(12-14-26)21(27)20-6-5-15-29-20;/h7-10,20H,3-6,11-17H2,1-2H3,(H,23,24);1H. The first-order chi connectivity index (χ1) is 14.2. The fourth-order valence-corrected chi connectivity index (χ4v) is 3.67. The maximum atomic E-state index is 12.5. The molecule has 2 aliphatic heterocycles. The van der Waals surface area contributed by atoms with Crippen LogP contribution in [-0.4, -0.2) is 73.7 Å². The van der Waals surface area contributed by atoms with Gasteiger partial charge in [0, 0.05) is 45.9 Å². The number of ether oxygens (including phenoxy) is 2. The molecule has 3 rings (SSSR count). The molecule has 2 aliphatic rings. The van der Waals surface area contributed by atoms with Crippen LogP contribution >= 0.6 is 24.0 Å². The highest BCUT2D eigenvalue weighted by Gasteiger charge is 2.30. The van der Waals surface area contributed by atoms with Gasteiger partial charge < -0.3 is 24.6 Å². The monoisotopic (exact) mass is 530 g/mol. The first-order valence-electron chi connectivity index (χ1n) is 10.8. The molecule has 0 saturated carbocycles. The minimum Gasteiger partial charge on any atom is -0.377 e.